The van der Waals surface area contributed by atoms with Crippen LogP contribution in [0.25, 0.3) is 0 Å². The van der Waals surface area contributed by atoms with Gasteiger partial charge in [0, 0.05) is 13.1 Å². The summed E-state index contributed by atoms with van der Waals surface area (Å²) in [6.07, 6.45) is 7.52. The number of nitrogens with one attached hydrogen (secondary N) is 1. The third-order valence-corrected chi connectivity index (χ3v) is 5.47. The molecule has 3 rings (SSSR count). The molecule has 0 spiro atoms. The Hall–Kier alpha value is -0.610. The van der Waals surface area contributed by atoms with Gasteiger partial charge in [-0.1, -0.05) is 13.3 Å². The summed E-state index contributed by atoms with van der Waals surface area (Å²) in [5.74, 6) is 0.585. The molecular weight excluding hydrogens is 250 g/mol. The van der Waals surface area contributed by atoms with Crippen molar-refractivity contribution < 1.29 is 4.74 Å². The zero-order chi connectivity index (χ0) is 14.0. The van der Waals surface area contributed by atoms with Gasteiger partial charge < -0.3 is 9.64 Å². The predicted octanol–water partition coefficient (Wildman–Crippen LogP) is 2.34. The van der Waals surface area contributed by atoms with Gasteiger partial charge in [0.2, 0.25) is 0 Å². The number of hydrogen-bond donors (Lipinski definition) is 1. The summed E-state index contributed by atoms with van der Waals surface area (Å²) in [6, 6.07) is 0. The highest BCUT2D eigenvalue weighted by Gasteiger charge is 2.48. The SMILES string of the molecule is CCC(CN1CCCCC1)OC(=N)C12CCN(CC1)C2. The van der Waals surface area contributed by atoms with E-state index >= 15 is 0 Å². The molecule has 0 saturated carbocycles. The average molecular weight is 279 g/mol. The molecule has 0 amide bonds. The lowest BCUT2D eigenvalue weighted by molar-refractivity contribution is 0.0926. The van der Waals surface area contributed by atoms with Crippen molar-refractivity contribution in [1.82, 2.24) is 9.80 Å². The molecule has 3 fully saturated rings. The Morgan fingerprint density at radius 2 is 1.85 bits per heavy atom. The van der Waals surface area contributed by atoms with Crippen molar-refractivity contribution >= 4 is 5.90 Å². The van der Waals surface area contributed by atoms with Crippen LogP contribution in [0.1, 0.15) is 45.4 Å². The minimum Gasteiger partial charge on any atom is -0.476 e. The Labute approximate surface area is 123 Å². The number of fused-ring (bicyclic) bond motifs is 2. The lowest BCUT2D eigenvalue weighted by Crippen LogP contribution is -2.41. The monoisotopic (exact) mass is 279 g/mol. The van der Waals surface area contributed by atoms with E-state index in [2.05, 4.69) is 16.7 Å². The maximum Gasteiger partial charge on any atom is 0.188 e. The first-order valence-electron chi connectivity index (χ1n) is 8.42. The van der Waals surface area contributed by atoms with Crippen LogP contribution >= 0.6 is 0 Å². The molecule has 20 heavy (non-hydrogen) atoms. The van der Waals surface area contributed by atoms with E-state index in [0.29, 0.717) is 5.90 Å². The minimum absolute atomic E-state index is 0.0648. The van der Waals surface area contributed by atoms with Gasteiger partial charge in [-0.25, -0.2) is 0 Å². The van der Waals surface area contributed by atoms with Crippen molar-refractivity contribution in [2.45, 2.75) is 51.6 Å². The molecule has 1 unspecified atom stereocenters. The van der Waals surface area contributed by atoms with Crippen LogP contribution in [-0.2, 0) is 4.74 Å². The second-order valence-electron chi connectivity index (χ2n) is 6.89. The fourth-order valence-electron chi connectivity index (χ4n) is 4.00. The van der Waals surface area contributed by atoms with Gasteiger partial charge in [-0.3, -0.25) is 10.3 Å². The smallest absolute Gasteiger partial charge is 0.188 e. The van der Waals surface area contributed by atoms with Gasteiger partial charge in [-0.2, -0.15) is 0 Å². The highest BCUT2D eigenvalue weighted by atomic mass is 16.5. The maximum absolute atomic E-state index is 8.44. The molecule has 4 nitrogen and oxygen atoms in total. The third-order valence-electron chi connectivity index (χ3n) is 5.47. The number of rotatable bonds is 5. The van der Waals surface area contributed by atoms with Crippen LogP contribution in [0.4, 0.5) is 0 Å². The number of hydrogen-bond acceptors (Lipinski definition) is 4. The highest BCUT2D eigenvalue weighted by Crippen LogP contribution is 2.41. The summed E-state index contributed by atoms with van der Waals surface area (Å²) in [5.41, 5.74) is 0.0648. The highest BCUT2D eigenvalue weighted by molar-refractivity contribution is 5.81. The van der Waals surface area contributed by atoms with E-state index in [4.69, 9.17) is 10.1 Å². The molecule has 2 bridgehead atoms. The summed E-state index contributed by atoms with van der Waals surface area (Å²) in [4.78, 5) is 5.00. The topological polar surface area (TPSA) is 39.6 Å². The molecule has 4 heteroatoms. The van der Waals surface area contributed by atoms with Crippen LogP contribution in [0.15, 0.2) is 0 Å². The molecule has 3 saturated heterocycles. The lowest BCUT2D eigenvalue weighted by Gasteiger charge is -2.33. The van der Waals surface area contributed by atoms with E-state index in [9.17, 15) is 0 Å². The number of likely N-dealkylation sites (tertiary alicyclic amines) is 1. The second-order valence-corrected chi connectivity index (χ2v) is 6.89. The Bertz CT molecular complexity index is 344. The van der Waals surface area contributed by atoms with Crippen molar-refractivity contribution in [2.75, 3.05) is 39.3 Å². The lowest BCUT2D eigenvalue weighted by atomic mass is 9.84. The summed E-state index contributed by atoms with van der Waals surface area (Å²) in [5, 5.41) is 8.44. The molecule has 3 aliphatic rings. The van der Waals surface area contributed by atoms with E-state index in [-0.39, 0.29) is 11.5 Å². The first-order chi connectivity index (χ1) is 9.72. The molecular formula is C16H29N3O. The maximum atomic E-state index is 8.44. The van der Waals surface area contributed by atoms with Crippen molar-refractivity contribution in [1.29, 1.82) is 5.41 Å². The van der Waals surface area contributed by atoms with Gasteiger partial charge in [-0.15, -0.1) is 0 Å². The van der Waals surface area contributed by atoms with Crippen molar-refractivity contribution in [3.8, 4) is 0 Å². The van der Waals surface area contributed by atoms with Crippen molar-refractivity contribution in [3.63, 3.8) is 0 Å². The van der Waals surface area contributed by atoms with Crippen LogP contribution in [0.2, 0.25) is 0 Å². The molecule has 114 valence electrons. The molecule has 3 heterocycles. The molecule has 0 aromatic heterocycles. The number of piperidine rings is 2. The Morgan fingerprint density at radius 3 is 2.40 bits per heavy atom. The summed E-state index contributed by atoms with van der Waals surface area (Å²) in [7, 11) is 0. The molecule has 0 aromatic rings. The van der Waals surface area contributed by atoms with Crippen LogP contribution in [-0.4, -0.2) is 61.1 Å². The van der Waals surface area contributed by atoms with E-state index in [0.717, 1.165) is 45.4 Å². The fourth-order valence-corrected chi connectivity index (χ4v) is 4.00. The van der Waals surface area contributed by atoms with Crippen LogP contribution in [0, 0.1) is 10.8 Å². The van der Waals surface area contributed by atoms with Gasteiger partial charge in [0.05, 0.1) is 5.41 Å². The Morgan fingerprint density at radius 1 is 1.15 bits per heavy atom. The minimum atomic E-state index is 0.0648. The van der Waals surface area contributed by atoms with Crippen molar-refractivity contribution in [2.24, 2.45) is 5.41 Å². The van der Waals surface area contributed by atoms with Crippen LogP contribution < -0.4 is 0 Å². The van der Waals surface area contributed by atoms with Gasteiger partial charge in [0.25, 0.3) is 0 Å². The van der Waals surface area contributed by atoms with Gasteiger partial charge in [0.15, 0.2) is 5.90 Å². The standard InChI is InChI=1S/C16H29N3O/c1-2-14(12-18-8-4-3-5-9-18)20-15(17)16-6-10-19(13-16)11-7-16/h14,17H,2-13H2,1H3. The van der Waals surface area contributed by atoms with Gasteiger partial charge in [0.1, 0.15) is 6.10 Å². The number of ether oxygens (including phenoxy) is 1. The van der Waals surface area contributed by atoms with E-state index in [1.165, 1.54) is 32.4 Å². The van der Waals surface area contributed by atoms with E-state index in [1.54, 1.807) is 0 Å². The third kappa shape index (κ3) is 2.86. The molecule has 1 atom stereocenters. The molecule has 1 N–H and O–H groups in total. The predicted molar refractivity (Wildman–Crippen MR) is 81.3 cm³/mol. The zero-order valence-corrected chi connectivity index (χ0v) is 12.9. The molecule has 0 aromatic carbocycles. The fraction of sp³-hybridized carbons (Fsp3) is 0.938. The molecule has 0 radical (unpaired) electrons. The summed E-state index contributed by atoms with van der Waals surface area (Å²) < 4.78 is 6.12. The van der Waals surface area contributed by atoms with Gasteiger partial charge in [-0.05, 0) is 58.3 Å². The van der Waals surface area contributed by atoms with E-state index in [1.807, 2.05) is 0 Å². The normalized spacial score (nSPS) is 35.1. The average Bonchev–Trinajstić information content (AvgIpc) is 3.09. The first kappa shape index (κ1) is 14.3. The summed E-state index contributed by atoms with van der Waals surface area (Å²) in [6.45, 7) is 9.02. The second kappa shape index (κ2) is 6.02. The summed E-state index contributed by atoms with van der Waals surface area (Å²) >= 11 is 0. The van der Waals surface area contributed by atoms with Crippen LogP contribution in [0.3, 0.4) is 0 Å². The van der Waals surface area contributed by atoms with E-state index < -0.39 is 0 Å². The van der Waals surface area contributed by atoms with Crippen molar-refractivity contribution in [3.05, 3.63) is 0 Å². The van der Waals surface area contributed by atoms with Gasteiger partial charge >= 0.3 is 0 Å². The largest absolute Gasteiger partial charge is 0.476 e. The quantitative estimate of drug-likeness (QED) is 0.620. The first-order valence-corrected chi connectivity index (χ1v) is 8.42. The molecule has 3 aliphatic heterocycles. The molecule has 0 aliphatic carbocycles. The Balaban J connectivity index is 1.53. The Kier molecular flexibility index (Phi) is 4.32. The zero-order valence-electron chi connectivity index (χ0n) is 12.9. The number of nitrogens with zero attached hydrogens (tertiary/aromatic N) is 2. The van der Waals surface area contributed by atoms with Crippen LogP contribution in [0.5, 0.6) is 0 Å².